The molecular formula is C3H4N2OZn. The average Bonchev–Trinajstić information content (AvgIpc) is 1.76. The second-order valence-corrected chi connectivity index (χ2v) is 0.761. The Kier molecular flexibility index (Phi) is 8.21. The molecule has 0 aliphatic rings. The van der Waals surface area contributed by atoms with Gasteiger partial charge in [-0.3, -0.25) is 0 Å². The van der Waals surface area contributed by atoms with Gasteiger partial charge in [0.05, 0.1) is 6.33 Å². The van der Waals surface area contributed by atoms with Crippen LogP contribution in [0.2, 0.25) is 0 Å². The van der Waals surface area contributed by atoms with Gasteiger partial charge >= 0.3 is 19.5 Å². The zero-order valence-electron chi connectivity index (χ0n) is 3.79. The van der Waals surface area contributed by atoms with E-state index >= 15 is 0 Å². The van der Waals surface area contributed by atoms with Crippen molar-refractivity contribution in [3.05, 3.63) is 18.7 Å². The van der Waals surface area contributed by atoms with Crippen LogP contribution in [0, 0.1) is 0 Å². The first-order chi connectivity index (χ1) is 2.50. The van der Waals surface area contributed by atoms with Gasteiger partial charge in [-0.1, -0.05) is 0 Å². The SMILES string of the molecule is [O-2].[Zn+2].c1c[nH]cn1. The predicted molar refractivity (Wildman–Crippen MR) is 19.3 cm³/mol. The molecule has 1 N–H and O–H groups in total. The van der Waals surface area contributed by atoms with Crippen LogP contribution in [0.4, 0.5) is 0 Å². The van der Waals surface area contributed by atoms with Crippen LogP contribution in [0.3, 0.4) is 0 Å². The van der Waals surface area contributed by atoms with Gasteiger partial charge in [0.2, 0.25) is 0 Å². The van der Waals surface area contributed by atoms with Crippen LogP contribution in [0.15, 0.2) is 18.7 Å². The van der Waals surface area contributed by atoms with Gasteiger partial charge in [-0.15, -0.1) is 0 Å². The standard InChI is InChI=1S/C3H4N2.O.Zn/c1-2-5-3-4-1;;/h1-3H,(H,4,5);;/q;-2;+2. The first-order valence-corrected chi connectivity index (χ1v) is 1.43. The minimum Gasteiger partial charge on any atom is -2.00 e. The van der Waals surface area contributed by atoms with Crippen molar-refractivity contribution in [3.8, 4) is 0 Å². The fraction of sp³-hybridized carbons (Fsp3) is 0. The summed E-state index contributed by atoms with van der Waals surface area (Å²) in [6.07, 6.45) is 5.08. The fourth-order valence-corrected chi connectivity index (χ4v) is 0.215. The van der Waals surface area contributed by atoms with E-state index in [0.717, 1.165) is 0 Å². The van der Waals surface area contributed by atoms with Crippen molar-refractivity contribution in [2.24, 2.45) is 0 Å². The van der Waals surface area contributed by atoms with Crippen LogP contribution < -0.4 is 0 Å². The Morgan fingerprint density at radius 1 is 1.43 bits per heavy atom. The van der Waals surface area contributed by atoms with Gasteiger partial charge in [-0.2, -0.15) is 0 Å². The third-order valence-electron chi connectivity index (χ3n) is 0.406. The molecule has 7 heavy (non-hydrogen) atoms. The van der Waals surface area contributed by atoms with E-state index in [2.05, 4.69) is 9.97 Å². The Morgan fingerprint density at radius 3 is 2.29 bits per heavy atom. The molecule has 4 heteroatoms. The van der Waals surface area contributed by atoms with Crippen LogP contribution >= 0.6 is 0 Å². The summed E-state index contributed by atoms with van der Waals surface area (Å²) in [5.74, 6) is 0. The monoisotopic (exact) mass is 148 g/mol. The molecular weight excluding hydrogens is 145 g/mol. The smallest absolute Gasteiger partial charge is 2.00 e. The van der Waals surface area contributed by atoms with E-state index in [1.807, 2.05) is 0 Å². The maximum absolute atomic E-state index is 3.67. The van der Waals surface area contributed by atoms with Gasteiger partial charge in [0.15, 0.2) is 0 Å². The topological polar surface area (TPSA) is 57.2 Å². The van der Waals surface area contributed by atoms with Crippen LogP contribution in [0.5, 0.6) is 0 Å². The molecule has 0 fully saturated rings. The van der Waals surface area contributed by atoms with Crippen LogP contribution in [0.1, 0.15) is 0 Å². The van der Waals surface area contributed by atoms with Gasteiger partial charge in [-0.25, -0.2) is 4.98 Å². The summed E-state index contributed by atoms with van der Waals surface area (Å²) in [5, 5.41) is 0. The fourth-order valence-electron chi connectivity index (χ4n) is 0.215. The molecule has 34 valence electrons. The molecule has 0 unspecified atom stereocenters. The quantitative estimate of drug-likeness (QED) is 0.530. The summed E-state index contributed by atoms with van der Waals surface area (Å²) >= 11 is 0. The summed E-state index contributed by atoms with van der Waals surface area (Å²) < 4.78 is 0. The van der Waals surface area contributed by atoms with E-state index in [1.54, 1.807) is 18.7 Å². The number of aromatic amines is 1. The van der Waals surface area contributed by atoms with Crippen molar-refractivity contribution in [1.29, 1.82) is 0 Å². The number of rotatable bonds is 0. The van der Waals surface area contributed by atoms with Gasteiger partial charge in [0.1, 0.15) is 0 Å². The van der Waals surface area contributed by atoms with Crippen molar-refractivity contribution < 1.29 is 25.0 Å². The first kappa shape index (κ1) is 9.92. The number of nitrogens with one attached hydrogen (secondary N) is 1. The second-order valence-electron chi connectivity index (χ2n) is 0.761. The number of hydrogen-bond donors (Lipinski definition) is 1. The van der Waals surface area contributed by atoms with E-state index in [9.17, 15) is 0 Å². The van der Waals surface area contributed by atoms with Crippen molar-refractivity contribution in [2.45, 2.75) is 0 Å². The van der Waals surface area contributed by atoms with Crippen molar-refractivity contribution in [1.82, 2.24) is 9.97 Å². The number of hydrogen-bond acceptors (Lipinski definition) is 1. The molecule has 0 radical (unpaired) electrons. The molecule has 0 aliphatic carbocycles. The Hall–Kier alpha value is -0.207. The van der Waals surface area contributed by atoms with Gasteiger partial charge < -0.3 is 10.5 Å². The second kappa shape index (κ2) is 5.79. The molecule has 3 nitrogen and oxygen atoms in total. The zero-order valence-corrected chi connectivity index (χ0v) is 6.76. The summed E-state index contributed by atoms with van der Waals surface area (Å²) in [6, 6.07) is 0. The minimum absolute atomic E-state index is 0. The molecule has 0 bridgehead atoms. The molecule has 0 atom stereocenters. The molecule has 1 aromatic heterocycles. The van der Waals surface area contributed by atoms with E-state index in [1.165, 1.54) is 0 Å². The Labute approximate surface area is 54.2 Å². The summed E-state index contributed by atoms with van der Waals surface area (Å²) in [4.78, 5) is 6.42. The van der Waals surface area contributed by atoms with Crippen LogP contribution in [0.25, 0.3) is 0 Å². The number of nitrogens with zero attached hydrogens (tertiary/aromatic N) is 1. The summed E-state index contributed by atoms with van der Waals surface area (Å²) in [7, 11) is 0. The molecule has 0 amide bonds. The molecule has 0 aliphatic heterocycles. The zero-order chi connectivity index (χ0) is 3.54. The Morgan fingerprint density at radius 2 is 2.14 bits per heavy atom. The van der Waals surface area contributed by atoms with E-state index in [0.29, 0.717) is 0 Å². The Bertz CT molecular complexity index is 69.4. The molecule has 0 spiro atoms. The van der Waals surface area contributed by atoms with Crippen molar-refractivity contribution in [3.63, 3.8) is 0 Å². The number of H-pyrrole nitrogens is 1. The van der Waals surface area contributed by atoms with Crippen LogP contribution in [-0.2, 0) is 25.0 Å². The van der Waals surface area contributed by atoms with Gasteiger partial charge in [-0.05, 0) is 0 Å². The first-order valence-electron chi connectivity index (χ1n) is 1.43. The van der Waals surface area contributed by atoms with Crippen molar-refractivity contribution >= 4 is 0 Å². The molecule has 0 saturated heterocycles. The number of aromatic nitrogens is 2. The summed E-state index contributed by atoms with van der Waals surface area (Å²) in [5.41, 5.74) is 0. The third kappa shape index (κ3) is 3.63. The molecule has 1 heterocycles. The maximum Gasteiger partial charge on any atom is 2.00 e. The molecule has 0 saturated carbocycles. The number of imidazole rings is 1. The third-order valence-corrected chi connectivity index (χ3v) is 0.406. The van der Waals surface area contributed by atoms with E-state index in [-0.39, 0.29) is 25.0 Å². The van der Waals surface area contributed by atoms with E-state index in [4.69, 9.17) is 0 Å². The molecule has 1 rings (SSSR count). The largest absolute Gasteiger partial charge is 2.00 e. The average molecular weight is 149 g/mol. The maximum atomic E-state index is 3.67. The minimum atomic E-state index is 0. The predicted octanol–water partition coefficient (Wildman–Crippen LogP) is 0.288. The van der Waals surface area contributed by atoms with E-state index < -0.39 is 0 Å². The van der Waals surface area contributed by atoms with Gasteiger partial charge in [0.25, 0.3) is 0 Å². The summed E-state index contributed by atoms with van der Waals surface area (Å²) in [6.45, 7) is 0. The molecule has 1 aromatic rings. The van der Waals surface area contributed by atoms with Gasteiger partial charge in [0, 0.05) is 12.4 Å². The Balaban J connectivity index is 0. The molecule has 0 aromatic carbocycles. The van der Waals surface area contributed by atoms with Crippen molar-refractivity contribution in [2.75, 3.05) is 0 Å². The normalized spacial score (nSPS) is 5.71. The van der Waals surface area contributed by atoms with Crippen LogP contribution in [-0.4, -0.2) is 9.97 Å².